The van der Waals surface area contributed by atoms with Crippen molar-refractivity contribution in [3.63, 3.8) is 0 Å². The number of nitrogens with zero attached hydrogens (tertiary/aromatic N) is 2. The monoisotopic (exact) mass is 352 g/mol. The van der Waals surface area contributed by atoms with Crippen molar-refractivity contribution < 1.29 is 14.2 Å². The summed E-state index contributed by atoms with van der Waals surface area (Å²) in [6.07, 6.45) is 1.90. The molecule has 0 spiro atoms. The molecule has 0 saturated heterocycles. The maximum atomic E-state index is 6.41. The Kier molecular flexibility index (Phi) is 3.66. The van der Waals surface area contributed by atoms with E-state index in [1.807, 2.05) is 99.3 Å². The number of hydrogen-bond acceptors (Lipinski definition) is 5. The van der Waals surface area contributed by atoms with Crippen LogP contribution in [0.5, 0.6) is 11.5 Å². The van der Waals surface area contributed by atoms with Crippen LogP contribution in [-0.4, -0.2) is 25.6 Å². The molecule has 136 valence electrons. The third-order valence-electron chi connectivity index (χ3n) is 4.48. The zero-order valence-electron chi connectivity index (χ0n) is 15.8. The van der Waals surface area contributed by atoms with Crippen molar-refractivity contribution in [2.24, 2.45) is 0 Å². The van der Waals surface area contributed by atoms with Crippen molar-refractivity contribution in [3.05, 3.63) is 60.5 Å². The van der Waals surface area contributed by atoms with Crippen LogP contribution in [0.1, 0.15) is 20.8 Å². The standard InChI is InChI=1S/C21H24N2O3/c1-20(2,3)26-21(23(5)16-11-7-9-13-18(16)25-21)14-19-22(4)15-10-6-8-12-17(15)24-19/h6-14H,1-5H3/b19-14+. The zero-order chi connectivity index (χ0) is 18.5. The van der Waals surface area contributed by atoms with Crippen molar-refractivity contribution in [1.82, 2.24) is 0 Å². The van der Waals surface area contributed by atoms with Gasteiger partial charge in [-0.25, -0.2) is 0 Å². The fraction of sp³-hybridized carbons (Fsp3) is 0.333. The molecule has 2 aromatic rings. The Morgan fingerprint density at radius 3 is 2.15 bits per heavy atom. The molecule has 0 aromatic heterocycles. The molecule has 0 N–H and O–H groups in total. The average molecular weight is 352 g/mol. The lowest BCUT2D eigenvalue weighted by Crippen LogP contribution is -2.53. The second-order valence-corrected chi connectivity index (χ2v) is 7.59. The van der Waals surface area contributed by atoms with E-state index in [2.05, 4.69) is 0 Å². The topological polar surface area (TPSA) is 34.2 Å². The van der Waals surface area contributed by atoms with Gasteiger partial charge in [-0.05, 0) is 45.0 Å². The van der Waals surface area contributed by atoms with E-state index in [1.165, 1.54) is 0 Å². The first-order chi connectivity index (χ1) is 12.3. The van der Waals surface area contributed by atoms with Crippen LogP contribution in [0.15, 0.2) is 60.5 Å². The molecule has 0 amide bonds. The first-order valence-corrected chi connectivity index (χ1v) is 8.75. The molecule has 26 heavy (non-hydrogen) atoms. The first kappa shape index (κ1) is 16.8. The second kappa shape index (κ2) is 5.68. The summed E-state index contributed by atoms with van der Waals surface area (Å²) in [7, 11) is 3.95. The molecular weight excluding hydrogens is 328 g/mol. The van der Waals surface area contributed by atoms with E-state index in [0.29, 0.717) is 5.88 Å². The molecule has 2 aliphatic heterocycles. The highest BCUT2D eigenvalue weighted by Crippen LogP contribution is 2.46. The van der Waals surface area contributed by atoms with Gasteiger partial charge in [0, 0.05) is 14.1 Å². The van der Waals surface area contributed by atoms with Crippen LogP contribution < -0.4 is 19.3 Å². The molecule has 1 unspecified atom stereocenters. The predicted octanol–water partition coefficient (Wildman–Crippen LogP) is 4.35. The number of hydrogen-bond donors (Lipinski definition) is 0. The lowest BCUT2D eigenvalue weighted by atomic mass is 10.2. The van der Waals surface area contributed by atoms with Gasteiger partial charge in [-0.2, -0.15) is 0 Å². The summed E-state index contributed by atoms with van der Waals surface area (Å²) in [5.74, 6) is 1.20. The lowest BCUT2D eigenvalue weighted by Gasteiger charge is -2.38. The van der Waals surface area contributed by atoms with E-state index >= 15 is 0 Å². The zero-order valence-corrected chi connectivity index (χ0v) is 15.8. The second-order valence-electron chi connectivity index (χ2n) is 7.59. The Hall–Kier alpha value is -2.66. The number of anilines is 2. The van der Waals surface area contributed by atoms with Crippen molar-refractivity contribution in [3.8, 4) is 11.5 Å². The van der Waals surface area contributed by atoms with E-state index < -0.39 is 11.5 Å². The minimum Gasteiger partial charge on any atom is -0.439 e. The molecule has 0 fully saturated rings. The number of likely N-dealkylation sites (N-methyl/N-ethyl adjacent to an activating group) is 1. The first-order valence-electron chi connectivity index (χ1n) is 8.75. The normalized spacial score (nSPS) is 22.9. The molecule has 5 nitrogen and oxygen atoms in total. The summed E-state index contributed by atoms with van der Waals surface area (Å²) < 4.78 is 18.8. The largest absolute Gasteiger partial charge is 0.439 e. The van der Waals surface area contributed by atoms with E-state index in [9.17, 15) is 0 Å². The van der Waals surface area contributed by atoms with Gasteiger partial charge in [-0.15, -0.1) is 0 Å². The quantitative estimate of drug-likeness (QED) is 0.802. The molecule has 0 radical (unpaired) electrons. The molecule has 4 rings (SSSR count). The number of benzene rings is 2. The van der Waals surface area contributed by atoms with Crippen LogP contribution in [0.3, 0.4) is 0 Å². The summed E-state index contributed by atoms with van der Waals surface area (Å²) in [5, 5.41) is 0. The number of fused-ring (bicyclic) bond motifs is 2. The van der Waals surface area contributed by atoms with Crippen LogP contribution in [-0.2, 0) is 4.74 Å². The van der Waals surface area contributed by atoms with E-state index in [4.69, 9.17) is 14.2 Å². The predicted molar refractivity (Wildman–Crippen MR) is 103 cm³/mol. The molecule has 2 heterocycles. The summed E-state index contributed by atoms with van der Waals surface area (Å²) in [4.78, 5) is 4.00. The molecule has 0 saturated carbocycles. The SMILES string of the molecule is CN1/C(=C\C2(OC(C)(C)C)Oc3ccccc3N2C)Oc2ccccc21. The van der Waals surface area contributed by atoms with Gasteiger partial charge < -0.3 is 24.0 Å². The van der Waals surface area contributed by atoms with Crippen LogP contribution in [0.4, 0.5) is 11.4 Å². The minimum atomic E-state index is -1.09. The van der Waals surface area contributed by atoms with Gasteiger partial charge in [-0.1, -0.05) is 24.3 Å². The highest BCUT2D eigenvalue weighted by Gasteiger charge is 2.48. The summed E-state index contributed by atoms with van der Waals surface area (Å²) >= 11 is 0. The van der Waals surface area contributed by atoms with Crippen molar-refractivity contribution in [2.45, 2.75) is 32.3 Å². The Bertz CT molecular complexity index is 872. The Morgan fingerprint density at radius 1 is 0.923 bits per heavy atom. The third-order valence-corrected chi connectivity index (χ3v) is 4.48. The maximum absolute atomic E-state index is 6.41. The smallest absolute Gasteiger partial charge is 0.322 e. The number of para-hydroxylation sites is 4. The Balaban J connectivity index is 1.77. The van der Waals surface area contributed by atoms with Gasteiger partial charge >= 0.3 is 5.91 Å². The summed E-state index contributed by atoms with van der Waals surface area (Å²) in [6.45, 7) is 6.05. The molecule has 1 atom stereocenters. The third kappa shape index (κ3) is 2.69. The molecule has 0 bridgehead atoms. The van der Waals surface area contributed by atoms with E-state index in [-0.39, 0.29) is 0 Å². The van der Waals surface area contributed by atoms with Crippen LogP contribution >= 0.6 is 0 Å². The van der Waals surface area contributed by atoms with Crippen molar-refractivity contribution in [2.75, 3.05) is 23.9 Å². The fourth-order valence-corrected chi connectivity index (χ4v) is 3.30. The van der Waals surface area contributed by atoms with Gasteiger partial charge in [0.25, 0.3) is 0 Å². The summed E-state index contributed by atoms with van der Waals surface area (Å²) in [6, 6.07) is 15.9. The van der Waals surface area contributed by atoms with Gasteiger partial charge in [-0.3, -0.25) is 0 Å². The van der Waals surface area contributed by atoms with Crippen LogP contribution in [0.25, 0.3) is 0 Å². The van der Waals surface area contributed by atoms with Gasteiger partial charge in [0.1, 0.15) is 5.75 Å². The number of ether oxygens (including phenoxy) is 3. The van der Waals surface area contributed by atoms with E-state index in [1.54, 1.807) is 0 Å². The maximum Gasteiger partial charge on any atom is 0.322 e. The molecule has 0 aliphatic carbocycles. The molecule has 5 heteroatoms. The molecule has 2 aliphatic rings. The average Bonchev–Trinajstić information content (AvgIpc) is 3.02. The van der Waals surface area contributed by atoms with Crippen molar-refractivity contribution in [1.29, 1.82) is 0 Å². The lowest BCUT2D eigenvalue weighted by molar-refractivity contribution is -0.196. The van der Waals surface area contributed by atoms with E-state index in [0.717, 1.165) is 22.9 Å². The summed E-state index contributed by atoms with van der Waals surface area (Å²) in [5.41, 5.74) is 1.58. The minimum absolute atomic E-state index is 0.419. The molecule has 2 aromatic carbocycles. The molecular formula is C21H24N2O3. The van der Waals surface area contributed by atoms with Crippen LogP contribution in [0, 0.1) is 0 Å². The van der Waals surface area contributed by atoms with Crippen molar-refractivity contribution >= 4 is 11.4 Å². The van der Waals surface area contributed by atoms with Gasteiger partial charge in [0.2, 0.25) is 5.88 Å². The van der Waals surface area contributed by atoms with Gasteiger partial charge in [0.05, 0.1) is 23.1 Å². The Morgan fingerprint density at radius 2 is 1.54 bits per heavy atom. The highest BCUT2D eigenvalue weighted by molar-refractivity contribution is 5.67. The highest BCUT2D eigenvalue weighted by atomic mass is 16.7. The Labute approximate surface area is 154 Å². The number of rotatable bonds is 2. The fourth-order valence-electron chi connectivity index (χ4n) is 3.30. The van der Waals surface area contributed by atoms with Gasteiger partial charge in [0.15, 0.2) is 5.75 Å². The van der Waals surface area contributed by atoms with Crippen LogP contribution in [0.2, 0.25) is 0 Å².